The van der Waals surface area contributed by atoms with E-state index in [-0.39, 0.29) is 15.8 Å². The lowest BCUT2D eigenvalue weighted by atomic mass is 10.2. The molecule has 0 radical (unpaired) electrons. The van der Waals surface area contributed by atoms with E-state index < -0.39 is 9.84 Å². The van der Waals surface area contributed by atoms with E-state index in [2.05, 4.69) is 4.99 Å². The van der Waals surface area contributed by atoms with Gasteiger partial charge in [-0.1, -0.05) is 35.9 Å². The van der Waals surface area contributed by atoms with Crippen molar-refractivity contribution in [2.45, 2.75) is 11.8 Å². The smallest absolute Gasteiger partial charge is 0.225 e. The standard InChI is InChI=1S/C19H22N2O3S/c1-15-10-12-17(13-11-15)25(22,23)18(14-21(2)3)20-19(24-4)16-8-6-5-7-9-16/h5-14H,1-4H3. The van der Waals surface area contributed by atoms with Crippen molar-refractivity contribution in [1.82, 2.24) is 4.90 Å². The van der Waals surface area contributed by atoms with Crippen LogP contribution in [0.15, 0.2) is 75.7 Å². The highest BCUT2D eigenvalue weighted by atomic mass is 32.2. The van der Waals surface area contributed by atoms with Crippen LogP contribution in [0.4, 0.5) is 0 Å². The first kappa shape index (κ1) is 18.7. The van der Waals surface area contributed by atoms with Crippen molar-refractivity contribution in [3.05, 3.63) is 77.0 Å². The number of ether oxygens (including phenoxy) is 1. The molecule has 0 aromatic heterocycles. The first-order valence-electron chi connectivity index (χ1n) is 7.72. The third-order valence-corrected chi connectivity index (χ3v) is 5.04. The average molecular weight is 358 g/mol. The van der Waals surface area contributed by atoms with E-state index in [0.29, 0.717) is 5.56 Å². The highest BCUT2D eigenvalue weighted by Crippen LogP contribution is 2.22. The molecule has 0 aliphatic heterocycles. The Hall–Kier alpha value is -2.60. The van der Waals surface area contributed by atoms with Gasteiger partial charge in [0.2, 0.25) is 15.7 Å². The van der Waals surface area contributed by atoms with Crippen LogP contribution in [0, 0.1) is 6.92 Å². The number of nitrogens with zero attached hydrogens (tertiary/aromatic N) is 2. The zero-order valence-electron chi connectivity index (χ0n) is 14.8. The van der Waals surface area contributed by atoms with Crippen LogP contribution in [-0.4, -0.2) is 40.4 Å². The number of rotatable bonds is 5. The second kappa shape index (κ2) is 7.98. The van der Waals surface area contributed by atoms with Gasteiger partial charge in [0, 0.05) is 25.9 Å². The maximum Gasteiger partial charge on any atom is 0.225 e. The molecule has 0 bridgehead atoms. The van der Waals surface area contributed by atoms with Crippen LogP contribution >= 0.6 is 0 Å². The molecule has 25 heavy (non-hydrogen) atoms. The molecular weight excluding hydrogens is 336 g/mol. The molecule has 2 aromatic carbocycles. The quantitative estimate of drug-likeness (QED) is 0.608. The lowest BCUT2D eigenvalue weighted by molar-refractivity contribution is 0.404. The third-order valence-electron chi connectivity index (χ3n) is 3.40. The van der Waals surface area contributed by atoms with Crippen molar-refractivity contribution >= 4 is 15.7 Å². The van der Waals surface area contributed by atoms with E-state index in [0.717, 1.165) is 5.56 Å². The summed E-state index contributed by atoms with van der Waals surface area (Å²) in [5.74, 6) is 0.240. The van der Waals surface area contributed by atoms with Crippen molar-refractivity contribution in [3.63, 3.8) is 0 Å². The molecule has 6 heteroatoms. The van der Waals surface area contributed by atoms with E-state index in [9.17, 15) is 8.42 Å². The van der Waals surface area contributed by atoms with E-state index in [4.69, 9.17) is 4.74 Å². The molecule has 5 nitrogen and oxygen atoms in total. The second-order valence-corrected chi connectivity index (χ2v) is 7.63. The molecule has 0 unspecified atom stereocenters. The molecule has 0 aliphatic carbocycles. The Kier molecular flexibility index (Phi) is 5.98. The Bertz CT molecular complexity index is 869. The van der Waals surface area contributed by atoms with Gasteiger partial charge in [-0.3, -0.25) is 0 Å². The molecule has 0 N–H and O–H groups in total. The number of methoxy groups -OCH3 is 1. The average Bonchev–Trinajstić information content (AvgIpc) is 2.59. The predicted octanol–water partition coefficient (Wildman–Crippen LogP) is 3.22. The summed E-state index contributed by atoms with van der Waals surface area (Å²) in [6, 6.07) is 15.9. The highest BCUT2D eigenvalue weighted by Gasteiger charge is 2.22. The number of aryl methyl sites for hydroxylation is 1. The molecule has 0 spiro atoms. The summed E-state index contributed by atoms with van der Waals surface area (Å²) in [4.78, 5) is 6.14. The molecular formula is C19H22N2O3S. The fourth-order valence-electron chi connectivity index (χ4n) is 2.13. The minimum absolute atomic E-state index is 0.0814. The summed E-state index contributed by atoms with van der Waals surface area (Å²) >= 11 is 0. The number of sulfone groups is 1. The first-order valence-corrected chi connectivity index (χ1v) is 9.21. The van der Waals surface area contributed by atoms with Gasteiger partial charge in [-0.25, -0.2) is 8.42 Å². The second-order valence-electron chi connectivity index (χ2n) is 5.73. The zero-order chi connectivity index (χ0) is 18.4. The molecule has 2 aromatic rings. The van der Waals surface area contributed by atoms with E-state index in [1.165, 1.54) is 13.3 Å². The van der Waals surface area contributed by atoms with Crippen LogP contribution in [0.25, 0.3) is 0 Å². The maximum atomic E-state index is 13.0. The van der Waals surface area contributed by atoms with Gasteiger partial charge in [0.15, 0.2) is 5.03 Å². The van der Waals surface area contributed by atoms with Gasteiger partial charge in [-0.2, -0.15) is 4.99 Å². The van der Waals surface area contributed by atoms with Gasteiger partial charge in [-0.05, 0) is 31.2 Å². The largest absolute Gasteiger partial charge is 0.481 e. The van der Waals surface area contributed by atoms with Gasteiger partial charge < -0.3 is 9.64 Å². The maximum absolute atomic E-state index is 13.0. The fraction of sp³-hybridized carbons (Fsp3) is 0.211. The van der Waals surface area contributed by atoms with E-state index >= 15 is 0 Å². The van der Waals surface area contributed by atoms with Crippen molar-refractivity contribution in [3.8, 4) is 0 Å². The Morgan fingerprint density at radius 2 is 1.64 bits per heavy atom. The summed E-state index contributed by atoms with van der Waals surface area (Å²) in [7, 11) is 1.19. The number of hydrogen-bond donors (Lipinski definition) is 0. The monoisotopic (exact) mass is 358 g/mol. The SMILES string of the molecule is COC(=NC(=CN(C)C)S(=O)(=O)c1ccc(C)cc1)c1ccccc1. The lowest BCUT2D eigenvalue weighted by Crippen LogP contribution is -2.13. The molecule has 2 rings (SSSR count). The zero-order valence-corrected chi connectivity index (χ0v) is 15.6. The van der Waals surface area contributed by atoms with Crippen LogP contribution in [0.2, 0.25) is 0 Å². The van der Waals surface area contributed by atoms with E-state index in [1.807, 2.05) is 37.3 Å². The van der Waals surface area contributed by atoms with Crippen LogP contribution in [0.5, 0.6) is 0 Å². The van der Waals surface area contributed by atoms with Crippen LogP contribution in [0.3, 0.4) is 0 Å². The number of benzene rings is 2. The van der Waals surface area contributed by atoms with Gasteiger partial charge in [0.1, 0.15) is 0 Å². The number of aliphatic imine (C=N–C) groups is 1. The molecule has 0 amide bonds. The molecule has 0 heterocycles. The van der Waals surface area contributed by atoms with Crippen molar-refractivity contribution < 1.29 is 13.2 Å². The van der Waals surface area contributed by atoms with Crippen molar-refractivity contribution in [1.29, 1.82) is 0 Å². The Labute approximate surface area is 149 Å². The van der Waals surface area contributed by atoms with Gasteiger partial charge >= 0.3 is 0 Å². The van der Waals surface area contributed by atoms with Crippen molar-refractivity contribution in [2.75, 3.05) is 21.2 Å². The van der Waals surface area contributed by atoms with E-state index in [1.54, 1.807) is 43.3 Å². The van der Waals surface area contributed by atoms with Gasteiger partial charge in [0.05, 0.1) is 12.0 Å². The molecule has 0 atom stereocenters. The predicted molar refractivity (Wildman–Crippen MR) is 100 cm³/mol. The normalized spacial score (nSPS) is 12.8. The third kappa shape index (κ3) is 4.70. The summed E-state index contributed by atoms with van der Waals surface area (Å²) in [6.45, 7) is 1.91. The van der Waals surface area contributed by atoms with Crippen LogP contribution in [-0.2, 0) is 14.6 Å². The Morgan fingerprint density at radius 3 is 2.16 bits per heavy atom. The fourth-order valence-corrected chi connectivity index (χ4v) is 3.41. The summed E-state index contributed by atoms with van der Waals surface area (Å²) in [6.07, 6.45) is 1.47. The topological polar surface area (TPSA) is 59.0 Å². The van der Waals surface area contributed by atoms with Gasteiger partial charge in [-0.15, -0.1) is 0 Å². The van der Waals surface area contributed by atoms with Crippen LogP contribution < -0.4 is 0 Å². The summed E-state index contributed by atoms with van der Waals surface area (Å²) < 4.78 is 31.3. The molecule has 0 fully saturated rings. The highest BCUT2D eigenvalue weighted by molar-refractivity contribution is 7.95. The number of hydrogen-bond acceptors (Lipinski definition) is 5. The molecule has 0 aliphatic rings. The molecule has 0 saturated carbocycles. The Morgan fingerprint density at radius 1 is 1.04 bits per heavy atom. The van der Waals surface area contributed by atoms with Crippen LogP contribution in [0.1, 0.15) is 11.1 Å². The van der Waals surface area contributed by atoms with Crippen molar-refractivity contribution in [2.24, 2.45) is 4.99 Å². The minimum Gasteiger partial charge on any atom is -0.481 e. The molecule has 0 saturated heterocycles. The molecule has 132 valence electrons. The lowest BCUT2D eigenvalue weighted by Gasteiger charge is -2.12. The summed E-state index contributed by atoms with van der Waals surface area (Å²) in [5.41, 5.74) is 1.69. The first-order chi connectivity index (χ1) is 11.8. The Balaban J connectivity index is 2.56. The summed E-state index contributed by atoms with van der Waals surface area (Å²) in [5, 5.41) is -0.0814. The minimum atomic E-state index is -3.77. The van der Waals surface area contributed by atoms with Gasteiger partial charge in [0.25, 0.3) is 0 Å².